The number of rotatable bonds is 5. The smallest absolute Gasteiger partial charge is 0.269 e. The number of nitrogens with zero attached hydrogens (tertiary/aromatic N) is 3. The zero-order valence-electron chi connectivity index (χ0n) is 13.9. The summed E-state index contributed by atoms with van der Waals surface area (Å²) in [6.45, 7) is 0. The highest BCUT2D eigenvalue weighted by atomic mass is 32.1. The summed E-state index contributed by atoms with van der Waals surface area (Å²) in [6, 6.07) is 13.2. The van der Waals surface area contributed by atoms with Crippen molar-refractivity contribution in [2.45, 2.75) is 6.04 Å². The van der Waals surface area contributed by atoms with Gasteiger partial charge in [-0.15, -0.1) is 11.3 Å². The number of benzene rings is 2. The van der Waals surface area contributed by atoms with Crippen LogP contribution in [0.5, 0.6) is 5.75 Å². The van der Waals surface area contributed by atoms with Crippen LogP contribution in [0.25, 0.3) is 10.9 Å². The SMILES string of the molecule is O=[N+]([O-])c1ccc([C@@H](Nc2nccs2)c2ccc3cccnc3c2O)cc1. The number of phenolic OH excluding ortho intramolecular Hbond substituents is 1. The third kappa shape index (κ3) is 3.30. The van der Waals surface area contributed by atoms with Gasteiger partial charge in [0.1, 0.15) is 11.3 Å². The fourth-order valence-corrected chi connectivity index (χ4v) is 3.48. The maximum absolute atomic E-state index is 10.9. The molecule has 134 valence electrons. The number of thiazole rings is 1. The van der Waals surface area contributed by atoms with E-state index in [9.17, 15) is 15.2 Å². The summed E-state index contributed by atoms with van der Waals surface area (Å²) in [4.78, 5) is 19.0. The Kier molecular flexibility index (Phi) is 4.39. The molecule has 0 fully saturated rings. The first-order valence-electron chi connectivity index (χ1n) is 8.10. The first kappa shape index (κ1) is 16.9. The molecule has 0 amide bonds. The van der Waals surface area contributed by atoms with Crippen LogP contribution in [-0.4, -0.2) is 20.0 Å². The number of hydrogen-bond acceptors (Lipinski definition) is 7. The lowest BCUT2D eigenvalue weighted by molar-refractivity contribution is -0.384. The second kappa shape index (κ2) is 7.00. The molecule has 2 aromatic heterocycles. The summed E-state index contributed by atoms with van der Waals surface area (Å²) in [5.41, 5.74) is 1.89. The van der Waals surface area contributed by atoms with Crippen molar-refractivity contribution in [2.24, 2.45) is 0 Å². The molecule has 4 aromatic rings. The fraction of sp³-hybridized carbons (Fsp3) is 0.0526. The van der Waals surface area contributed by atoms with Crippen molar-refractivity contribution in [1.82, 2.24) is 9.97 Å². The van der Waals surface area contributed by atoms with Gasteiger partial charge in [0.15, 0.2) is 5.13 Å². The number of pyridine rings is 1. The molecule has 0 bridgehead atoms. The largest absolute Gasteiger partial charge is 0.505 e. The lowest BCUT2D eigenvalue weighted by Crippen LogP contribution is -2.12. The van der Waals surface area contributed by atoms with Crippen molar-refractivity contribution in [3.63, 3.8) is 0 Å². The number of nitro benzene ring substituents is 1. The average molecular weight is 378 g/mol. The van der Waals surface area contributed by atoms with E-state index in [2.05, 4.69) is 15.3 Å². The van der Waals surface area contributed by atoms with Gasteiger partial charge in [-0.05, 0) is 23.8 Å². The molecule has 1 atom stereocenters. The van der Waals surface area contributed by atoms with Crippen LogP contribution in [-0.2, 0) is 0 Å². The molecule has 4 rings (SSSR count). The van der Waals surface area contributed by atoms with E-state index in [-0.39, 0.29) is 11.4 Å². The van der Waals surface area contributed by atoms with Gasteiger partial charge in [-0.25, -0.2) is 4.98 Å². The van der Waals surface area contributed by atoms with Gasteiger partial charge < -0.3 is 10.4 Å². The lowest BCUT2D eigenvalue weighted by Gasteiger charge is -2.21. The molecule has 2 N–H and O–H groups in total. The minimum absolute atomic E-state index is 0.0103. The van der Waals surface area contributed by atoms with Crippen LogP contribution in [0, 0.1) is 10.1 Å². The summed E-state index contributed by atoms with van der Waals surface area (Å²) in [7, 11) is 0. The van der Waals surface area contributed by atoms with Crippen LogP contribution in [0.15, 0.2) is 66.3 Å². The third-order valence-electron chi connectivity index (χ3n) is 4.23. The fourth-order valence-electron chi connectivity index (χ4n) is 2.93. The highest BCUT2D eigenvalue weighted by molar-refractivity contribution is 7.13. The van der Waals surface area contributed by atoms with Gasteiger partial charge in [0, 0.05) is 40.9 Å². The van der Waals surface area contributed by atoms with Crippen molar-refractivity contribution in [2.75, 3.05) is 5.32 Å². The quantitative estimate of drug-likeness (QED) is 0.391. The van der Waals surface area contributed by atoms with Crippen molar-refractivity contribution in [1.29, 1.82) is 0 Å². The maximum atomic E-state index is 10.9. The Labute approximate surface area is 158 Å². The molecular formula is C19H14N4O3S. The predicted molar refractivity (Wildman–Crippen MR) is 104 cm³/mol. The Morgan fingerprint density at radius 3 is 2.59 bits per heavy atom. The molecule has 0 spiro atoms. The van der Waals surface area contributed by atoms with E-state index in [4.69, 9.17) is 0 Å². The Balaban J connectivity index is 1.83. The maximum Gasteiger partial charge on any atom is 0.269 e. The summed E-state index contributed by atoms with van der Waals surface area (Å²) in [6.07, 6.45) is 3.31. The molecule has 8 heteroatoms. The molecule has 0 saturated heterocycles. The van der Waals surface area contributed by atoms with Gasteiger partial charge >= 0.3 is 0 Å². The highest BCUT2D eigenvalue weighted by Gasteiger charge is 2.21. The van der Waals surface area contributed by atoms with E-state index < -0.39 is 11.0 Å². The Bertz CT molecular complexity index is 1100. The normalized spacial score (nSPS) is 12.0. The van der Waals surface area contributed by atoms with E-state index in [1.165, 1.54) is 23.5 Å². The number of aromatic nitrogens is 2. The topological polar surface area (TPSA) is 101 Å². The second-order valence-corrected chi connectivity index (χ2v) is 6.74. The van der Waals surface area contributed by atoms with Crippen molar-refractivity contribution >= 4 is 33.1 Å². The van der Waals surface area contributed by atoms with E-state index in [1.54, 1.807) is 24.5 Å². The molecule has 0 unspecified atom stereocenters. The number of aromatic hydroxyl groups is 1. The van der Waals surface area contributed by atoms with Crippen LogP contribution in [0.3, 0.4) is 0 Å². The van der Waals surface area contributed by atoms with Crippen LogP contribution >= 0.6 is 11.3 Å². The number of nitrogens with one attached hydrogen (secondary N) is 1. The molecule has 2 heterocycles. The van der Waals surface area contributed by atoms with Crippen LogP contribution < -0.4 is 5.32 Å². The van der Waals surface area contributed by atoms with Crippen LogP contribution in [0.4, 0.5) is 10.8 Å². The summed E-state index contributed by atoms with van der Waals surface area (Å²) < 4.78 is 0. The number of hydrogen-bond donors (Lipinski definition) is 2. The van der Waals surface area contributed by atoms with Crippen molar-refractivity contribution in [3.8, 4) is 5.75 Å². The van der Waals surface area contributed by atoms with Gasteiger partial charge in [0.2, 0.25) is 0 Å². The lowest BCUT2D eigenvalue weighted by atomic mass is 9.96. The Morgan fingerprint density at radius 1 is 1.07 bits per heavy atom. The average Bonchev–Trinajstić information content (AvgIpc) is 3.20. The number of non-ortho nitro benzene ring substituents is 1. The van der Waals surface area contributed by atoms with Crippen molar-refractivity contribution < 1.29 is 10.0 Å². The first-order valence-corrected chi connectivity index (χ1v) is 8.98. The molecule has 2 aromatic carbocycles. The molecule has 0 aliphatic rings. The minimum Gasteiger partial charge on any atom is -0.505 e. The summed E-state index contributed by atoms with van der Waals surface area (Å²) in [5, 5.41) is 28.4. The highest BCUT2D eigenvalue weighted by Crippen LogP contribution is 2.37. The zero-order chi connectivity index (χ0) is 18.8. The van der Waals surface area contributed by atoms with Crippen molar-refractivity contribution in [3.05, 3.63) is 87.5 Å². The van der Waals surface area contributed by atoms with E-state index in [0.717, 1.165) is 10.9 Å². The van der Waals surface area contributed by atoms with Crippen LogP contribution in [0.1, 0.15) is 17.2 Å². The first-order chi connectivity index (χ1) is 13.1. The van der Waals surface area contributed by atoms with E-state index >= 15 is 0 Å². The van der Waals surface area contributed by atoms with Gasteiger partial charge in [0.25, 0.3) is 5.69 Å². The van der Waals surface area contributed by atoms with Crippen LogP contribution in [0.2, 0.25) is 0 Å². The minimum atomic E-state index is -0.441. The van der Waals surface area contributed by atoms with Gasteiger partial charge in [-0.3, -0.25) is 15.1 Å². The number of fused-ring (bicyclic) bond motifs is 1. The third-order valence-corrected chi connectivity index (χ3v) is 4.93. The number of anilines is 1. The Morgan fingerprint density at radius 2 is 1.89 bits per heavy atom. The molecule has 7 nitrogen and oxygen atoms in total. The Hall–Kier alpha value is -3.52. The van der Waals surface area contributed by atoms with Gasteiger partial charge in [-0.2, -0.15) is 0 Å². The van der Waals surface area contributed by atoms with Gasteiger partial charge in [-0.1, -0.05) is 18.2 Å². The molecule has 0 saturated carbocycles. The monoisotopic (exact) mass is 378 g/mol. The standard InChI is InChI=1S/C19H14N4O3S/c24-18-15(8-5-12-2-1-9-20-17(12)18)16(22-19-21-10-11-27-19)13-3-6-14(7-4-13)23(25)26/h1-11,16,24H,(H,21,22)/t16-/m1/s1. The van der Waals surface area contributed by atoms with Gasteiger partial charge in [0.05, 0.1) is 11.0 Å². The molecule has 27 heavy (non-hydrogen) atoms. The molecule has 0 aliphatic carbocycles. The zero-order valence-corrected chi connectivity index (χ0v) is 14.8. The number of phenols is 1. The second-order valence-electron chi connectivity index (χ2n) is 5.84. The molecule has 0 aliphatic heterocycles. The van der Waals surface area contributed by atoms with E-state index in [1.807, 2.05) is 29.6 Å². The number of nitro groups is 1. The summed E-state index contributed by atoms with van der Waals surface area (Å²) >= 11 is 1.43. The molecule has 0 radical (unpaired) electrons. The van der Waals surface area contributed by atoms with E-state index in [0.29, 0.717) is 16.2 Å². The molecular weight excluding hydrogens is 364 g/mol. The predicted octanol–water partition coefficient (Wildman–Crippen LogP) is 4.51. The summed E-state index contributed by atoms with van der Waals surface area (Å²) in [5.74, 6) is 0.0699.